The van der Waals surface area contributed by atoms with E-state index in [0.29, 0.717) is 27.8 Å². The van der Waals surface area contributed by atoms with Crippen LogP contribution in [0.2, 0.25) is 0 Å². The van der Waals surface area contributed by atoms with Crippen LogP contribution in [-0.4, -0.2) is 29.9 Å². The number of amides is 1. The fourth-order valence-corrected chi connectivity index (χ4v) is 3.68. The minimum Gasteiger partial charge on any atom is -0.508 e. The van der Waals surface area contributed by atoms with Gasteiger partial charge in [-0.2, -0.15) is 5.10 Å². The number of nitrogens with two attached hydrogens (primary N) is 2. The fraction of sp³-hybridized carbons (Fsp3) is 0.150. The number of nitrogens with zero attached hydrogens (tertiary/aromatic N) is 4. The summed E-state index contributed by atoms with van der Waals surface area (Å²) in [7, 11) is 1.74. The highest BCUT2D eigenvalue weighted by atomic mass is 16.3. The predicted octanol–water partition coefficient (Wildman–Crippen LogP) is 1.52. The van der Waals surface area contributed by atoms with Crippen LogP contribution >= 0.6 is 0 Å². The average Bonchev–Trinajstić information content (AvgIpc) is 3.19. The van der Waals surface area contributed by atoms with Crippen LogP contribution < -0.4 is 17.0 Å². The van der Waals surface area contributed by atoms with Gasteiger partial charge in [0.2, 0.25) is 0 Å². The molecule has 9 nitrogen and oxygen atoms in total. The van der Waals surface area contributed by atoms with Crippen LogP contribution in [0.25, 0.3) is 22.3 Å². The molecule has 3 aromatic heterocycles. The van der Waals surface area contributed by atoms with E-state index in [0.717, 1.165) is 5.56 Å². The number of hydrogen-bond donors (Lipinski definition) is 3. The molecule has 0 aliphatic rings. The van der Waals surface area contributed by atoms with Gasteiger partial charge in [-0.25, -0.2) is 0 Å². The third kappa shape index (κ3) is 2.66. The minimum atomic E-state index is -0.710. The standard InChI is InChI=1S/C20H20N6O3/c1-10-4-5-15(27)11(2)18(10)26-14-6-16(28)25(12-7-23-24(3)8-12)9-13(14)17(19(26)21)20(22)29/h4-9,27H,21H2,1-3H3,(H2,22,29). The van der Waals surface area contributed by atoms with Crippen molar-refractivity contribution < 1.29 is 9.90 Å². The smallest absolute Gasteiger partial charge is 0.257 e. The van der Waals surface area contributed by atoms with Gasteiger partial charge >= 0.3 is 0 Å². The first-order chi connectivity index (χ1) is 13.7. The van der Waals surface area contributed by atoms with Crippen LogP contribution in [0.3, 0.4) is 0 Å². The maximum Gasteiger partial charge on any atom is 0.257 e. The molecular weight excluding hydrogens is 372 g/mol. The van der Waals surface area contributed by atoms with Crippen molar-refractivity contribution in [2.45, 2.75) is 13.8 Å². The summed E-state index contributed by atoms with van der Waals surface area (Å²) in [6.07, 6.45) is 4.76. The summed E-state index contributed by atoms with van der Waals surface area (Å²) in [5.74, 6) is -0.526. The lowest BCUT2D eigenvalue weighted by Crippen LogP contribution is -2.17. The van der Waals surface area contributed by atoms with E-state index in [2.05, 4.69) is 5.10 Å². The fourth-order valence-electron chi connectivity index (χ4n) is 3.68. The van der Waals surface area contributed by atoms with Gasteiger partial charge in [0.25, 0.3) is 11.5 Å². The van der Waals surface area contributed by atoms with Crippen LogP contribution in [0.1, 0.15) is 21.5 Å². The Morgan fingerprint density at radius 1 is 1.21 bits per heavy atom. The Morgan fingerprint density at radius 2 is 1.93 bits per heavy atom. The lowest BCUT2D eigenvalue weighted by Gasteiger charge is -2.15. The number of fused-ring (bicyclic) bond motifs is 1. The number of carbonyl (C=O) groups excluding carboxylic acids is 1. The molecule has 29 heavy (non-hydrogen) atoms. The second-order valence-electron chi connectivity index (χ2n) is 6.99. The molecule has 0 aliphatic carbocycles. The quantitative estimate of drug-likeness (QED) is 0.486. The SMILES string of the molecule is Cc1ccc(O)c(C)c1-n1c(N)c(C(N)=O)c2cn(-c3cnn(C)c3)c(=O)cc21. The molecule has 5 N–H and O–H groups in total. The molecule has 0 spiro atoms. The number of pyridine rings is 1. The summed E-state index contributed by atoms with van der Waals surface area (Å²) in [5.41, 5.74) is 14.7. The number of rotatable bonds is 3. The highest BCUT2D eigenvalue weighted by Crippen LogP contribution is 2.35. The van der Waals surface area contributed by atoms with Gasteiger partial charge in [0.05, 0.1) is 28.7 Å². The third-order valence-corrected chi connectivity index (χ3v) is 5.08. The van der Waals surface area contributed by atoms with E-state index in [4.69, 9.17) is 11.5 Å². The van der Waals surface area contributed by atoms with E-state index in [9.17, 15) is 14.7 Å². The number of phenols is 1. The van der Waals surface area contributed by atoms with Crippen molar-refractivity contribution >= 4 is 22.6 Å². The second kappa shape index (κ2) is 6.26. The molecular formula is C20H20N6O3. The molecule has 0 fully saturated rings. The normalized spacial score (nSPS) is 11.3. The van der Waals surface area contributed by atoms with Crippen LogP contribution in [-0.2, 0) is 7.05 Å². The topological polar surface area (TPSA) is 134 Å². The van der Waals surface area contributed by atoms with Gasteiger partial charge in [-0.05, 0) is 25.5 Å². The summed E-state index contributed by atoms with van der Waals surface area (Å²) in [6, 6.07) is 4.72. The van der Waals surface area contributed by atoms with E-state index >= 15 is 0 Å². The number of phenolic OH excluding ortho intramolecular Hbond substituents is 1. The Morgan fingerprint density at radius 3 is 2.55 bits per heavy atom. The van der Waals surface area contributed by atoms with Crippen LogP contribution in [0, 0.1) is 13.8 Å². The van der Waals surface area contributed by atoms with Gasteiger partial charge in [0.1, 0.15) is 11.6 Å². The van der Waals surface area contributed by atoms with Gasteiger partial charge < -0.3 is 16.6 Å². The number of anilines is 1. The van der Waals surface area contributed by atoms with Crippen molar-refractivity contribution in [1.82, 2.24) is 18.9 Å². The molecule has 4 aromatic rings. The summed E-state index contributed by atoms with van der Waals surface area (Å²) < 4.78 is 4.54. The molecule has 9 heteroatoms. The Bertz CT molecular complexity index is 1360. The highest BCUT2D eigenvalue weighted by Gasteiger charge is 2.24. The van der Waals surface area contributed by atoms with E-state index in [1.165, 1.54) is 16.8 Å². The predicted molar refractivity (Wildman–Crippen MR) is 110 cm³/mol. The Labute approximate surface area is 165 Å². The monoisotopic (exact) mass is 392 g/mol. The Balaban J connectivity index is 2.15. The Hall–Kier alpha value is -4.01. The number of hydrogen-bond acceptors (Lipinski definition) is 5. The number of nitrogen functional groups attached to an aromatic ring is 1. The third-order valence-electron chi connectivity index (χ3n) is 5.08. The first-order valence-electron chi connectivity index (χ1n) is 8.85. The van der Waals surface area contributed by atoms with Crippen molar-refractivity contribution in [3.05, 3.63) is 63.8 Å². The molecule has 0 radical (unpaired) electrons. The van der Waals surface area contributed by atoms with Crippen molar-refractivity contribution in [3.63, 3.8) is 0 Å². The molecule has 0 saturated carbocycles. The van der Waals surface area contributed by atoms with Crippen LogP contribution in [0.15, 0.2) is 41.6 Å². The maximum absolute atomic E-state index is 12.9. The van der Waals surface area contributed by atoms with E-state index in [1.807, 2.05) is 6.92 Å². The zero-order valence-corrected chi connectivity index (χ0v) is 16.2. The molecule has 0 aliphatic heterocycles. The number of aromatic hydroxyl groups is 1. The first kappa shape index (κ1) is 18.4. The number of benzene rings is 1. The van der Waals surface area contributed by atoms with Crippen molar-refractivity contribution in [2.24, 2.45) is 12.8 Å². The number of aromatic nitrogens is 4. The number of primary amides is 1. The average molecular weight is 392 g/mol. The highest BCUT2D eigenvalue weighted by molar-refractivity contribution is 6.11. The van der Waals surface area contributed by atoms with Gasteiger partial charge in [-0.3, -0.25) is 23.4 Å². The van der Waals surface area contributed by atoms with Gasteiger partial charge in [-0.15, -0.1) is 0 Å². The lowest BCUT2D eigenvalue weighted by atomic mass is 10.1. The maximum atomic E-state index is 12.9. The summed E-state index contributed by atoms with van der Waals surface area (Å²) in [4.78, 5) is 25.1. The molecule has 148 valence electrons. The summed E-state index contributed by atoms with van der Waals surface area (Å²) in [5, 5.41) is 14.7. The van der Waals surface area contributed by atoms with E-state index in [-0.39, 0.29) is 22.7 Å². The largest absolute Gasteiger partial charge is 0.508 e. The molecule has 1 aromatic carbocycles. The number of aryl methyl sites for hydroxylation is 2. The van der Waals surface area contributed by atoms with E-state index in [1.54, 1.807) is 47.7 Å². The minimum absolute atomic E-state index is 0.0798. The molecule has 4 rings (SSSR count). The molecule has 0 atom stereocenters. The van der Waals surface area contributed by atoms with Gasteiger partial charge in [-0.1, -0.05) is 6.07 Å². The van der Waals surface area contributed by atoms with Gasteiger partial charge in [0.15, 0.2) is 0 Å². The zero-order valence-electron chi connectivity index (χ0n) is 16.2. The molecule has 1 amide bonds. The van der Waals surface area contributed by atoms with Gasteiger partial charge in [0, 0.05) is 36.5 Å². The molecule has 0 saturated heterocycles. The van der Waals surface area contributed by atoms with Crippen LogP contribution in [0.5, 0.6) is 5.75 Å². The molecule has 0 bridgehead atoms. The van der Waals surface area contributed by atoms with Crippen molar-refractivity contribution in [1.29, 1.82) is 0 Å². The summed E-state index contributed by atoms with van der Waals surface area (Å²) >= 11 is 0. The second-order valence-corrected chi connectivity index (χ2v) is 6.99. The van der Waals surface area contributed by atoms with Crippen molar-refractivity contribution in [3.8, 4) is 17.1 Å². The summed E-state index contributed by atoms with van der Waals surface area (Å²) in [6.45, 7) is 3.59. The Kier molecular flexibility index (Phi) is 3.97. The van der Waals surface area contributed by atoms with Crippen molar-refractivity contribution in [2.75, 3.05) is 5.73 Å². The van der Waals surface area contributed by atoms with Crippen LogP contribution in [0.4, 0.5) is 5.82 Å². The lowest BCUT2D eigenvalue weighted by molar-refractivity contribution is 0.100. The van der Waals surface area contributed by atoms with E-state index < -0.39 is 5.91 Å². The zero-order chi connectivity index (χ0) is 21.0. The number of carbonyl (C=O) groups is 1. The first-order valence-corrected chi connectivity index (χ1v) is 8.85. The molecule has 3 heterocycles. The molecule has 0 unspecified atom stereocenters.